The molecular formula is C16H22ClF3N4O3. The number of rotatable bonds is 7. The van der Waals surface area contributed by atoms with Gasteiger partial charge < -0.3 is 20.7 Å². The zero-order chi connectivity index (χ0) is 20.7. The first kappa shape index (κ1) is 22.8. The second-order valence-corrected chi connectivity index (χ2v) is 6.91. The summed E-state index contributed by atoms with van der Waals surface area (Å²) in [6.07, 6.45) is -4.40. The maximum atomic E-state index is 12.5. The number of anilines is 1. The lowest BCUT2D eigenvalue weighted by Gasteiger charge is -2.19. The minimum atomic E-state index is -4.52. The lowest BCUT2D eigenvalue weighted by Crippen LogP contribution is -2.36. The van der Waals surface area contributed by atoms with Crippen LogP contribution in [0.4, 0.5) is 23.8 Å². The van der Waals surface area contributed by atoms with E-state index in [0.29, 0.717) is 6.20 Å². The van der Waals surface area contributed by atoms with Crippen molar-refractivity contribution in [3.05, 3.63) is 22.8 Å². The van der Waals surface area contributed by atoms with Gasteiger partial charge in [-0.1, -0.05) is 11.6 Å². The normalized spacial score (nSPS) is 11.7. The van der Waals surface area contributed by atoms with Gasteiger partial charge in [0.1, 0.15) is 11.4 Å². The van der Waals surface area contributed by atoms with E-state index in [0.717, 1.165) is 6.07 Å². The van der Waals surface area contributed by atoms with Gasteiger partial charge in [-0.3, -0.25) is 4.79 Å². The molecule has 0 unspecified atom stereocenters. The Balaban J connectivity index is 2.26. The SMILES string of the molecule is CC(C)(C)OC(=O)NCCC(=O)NCCNc1ncc(C(F)(F)F)cc1Cl. The van der Waals surface area contributed by atoms with Crippen molar-refractivity contribution in [2.24, 2.45) is 0 Å². The Bertz CT molecular complexity index is 663. The Morgan fingerprint density at radius 2 is 1.81 bits per heavy atom. The Hall–Kier alpha value is -2.23. The highest BCUT2D eigenvalue weighted by Gasteiger charge is 2.31. The van der Waals surface area contributed by atoms with Gasteiger partial charge in [0.05, 0.1) is 10.6 Å². The minimum Gasteiger partial charge on any atom is -0.444 e. The molecule has 3 N–H and O–H groups in total. The molecule has 0 spiro atoms. The number of hydrogen-bond donors (Lipinski definition) is 3. The fourth-order valence-electron chi connectivity index (χ4n) is 1.79. The predicted octanol–water partition coefficient (Wildman–Crippen LogP) is 3.20. The van der Waals surface area contributed by atoms with Crippen LogP contribution >= 0.6 is 11.6 Å². The highest BCUT2D eigenvalue weighted by Crippen LogP contribution is 2.32. The lowest BCUT2D eigenvalue weighted by molar-refractivity contribution is -0.137. The number of nitrogens with zero attached hydrogens (tertiary/aromatic N) is 1. The fourth-order valence-corrected chi connectivity index (χ4v) is 2.02. The molecule has 0 saturated carbocycles. The molecule has 0 bridgehead atoms. The van der Waals surface area contributed by atoms with Gasteiger partial charge >= 0.3 is 12.3 Å². The van der Waals surface area contributed by atoms with Crippen LogP contribution in [0.15, 0.2) is 12.3 Å². The van der Waals surface area contributed by atoms with Crippen molar-refractivity contribution in [2.75, 3.05) is 25.0 Å². The molecule has 1 rings (SSSR count). The topological polar surface area (TPSA) is 92.3 Å². The van der Waals surface area contributed by atoms with Crippen LogP contribution in [0.5, 0.6) is 0 Å². The first-order valence-corrected chi connectivity index (χ1v) is 8.46. The van der Waals surface area contributed by atoms with Crippen molar-refractivity contribution in [2.45, 2.75) is 39.0 Å². The van der Waals surface area contributed by atoms with Crippen molar-refractivity contribution in [3.8, 4) is 0 Å². The molecule has 152 valence electrons. The average Bonchev–Trinajstić information content (AvgIpc) is 2.50. The number of amides is 2. The van der Waals surface area contributed by atoms with E-state index < -0.39 is 23.4 Å². The number of halogens is 4. The van der Waals surface area contributed by atoms with Gasteiger partial charge in [0, 0.05) is 32.3 Å². The summed E-state index contributed by atoms with van der Waals surface area (Å²) in [5, 5.41) is 7.60. The molecule has 0 saturated heterocycles. The zero-order valence-corrected chi connectivity index (χ0v) is 15.9. The summed E-state index contributed by atoms with van der Waals surface area (Å²) in [6, 6.07) is 0.776. The molecule has 1 heterocycles. The van der Waals surface area contributed by atoms with Crippen LogP contribution in [0.3, 0.4) is 0 Å². The summed E-state index contributed by atoms with van der Waals surface area (Å²) >= 11 is 5.76. The molecule has 1 aromatic rings. The molecule has 0 fully saturated rings. The number of pyridine rings is 1. The summed E-state index contributed by atoms with van der Waals surface area (Å²) < 4.78 is 42.6. The summed E-state index contributed by atoms with van der Waals surface area (Å²) in [5.74, 6) is -0.218. The van der Waals surface area contributed by atoms with Gasteiger partial charge in [-0.05, 0) is 26.8 Å². The Morgan fingerprint density at radius 3 is 2.37 bits per heavy atom. The molecule has 0 aliphatic carbocycles. The van der Waals surface area contributed by atoms with Crippen molar-refractivity contribution >= 4 is 29.4 Å². The van der Waals surface area contributed by atoms with Crippen LogP contribution in [0.1, 0.15) is 32.8 Å². The number of hydrogen-bond acceptors (Lipinski definition) is 5. The number of carbonyl (C=O) groups is 2. The van der Waals surface area contributed by atoms with E-state index in [9.17, 15) is 22.8 Å². The van der Waals surface area contributed by atoms with E-state index in [1.165, 1.54) is 0 Å². The van der Waals surface area contributed by atoms with Crippen LogP contribution in [-0.2, 0) is 15.7 Å². The summed E-state index contributed by atoms with van der Waals surface area (Å²) in [6.45, 7) is 5.70. The molecule has 0 atom stereocenters. The zero-order valence-electron chi connectivity index (χ0n) is 15.2. The third-order valence-electron chi connectivity index (χ3n) is 2.93. The second-order valence-electron chi connectivity index (χ2n) is 6.51. The van der Waals surface area contributed by atoms with Gasteiger partial charge in [-0.15, -0.1) is 0 Å². The fraction of sp³-hybridized carbons (Fsp3) is 0.562. The molecule has 0 radical (unpaired) electrons. The quantitative estimate of drug-likeness (QED) is 0.600. The molecule has 2 amide bonds. The predicted molar refractivity (Wildman–Crippen MR) is 94.6 cm³/mol. The Labute approximate surface area is 160 Å². The maximum absolute atomic E-state index is 12.5. The van der Waals surface area contributed by atoms with Crippen LogP contribution in [-0.4, -0.2) is 42.2 Å². The van der Waals surface area contributed by atoms with E-state index in [4.69, 9.17) is 16.3 Å². The maximum Gasteiger partial charge on any atom is 0.417 e. The van der Waals surface area contributed by atoms with Crippen LogP contribution < -0.4 is 16.0 Å². The molecular weight excluding hydrogens is 389 g/mol. The van der Waals surface area contributed by atoms with E-state index in [-0.39, 0.29) is 42.8 Å². The highest BCUT2D eigenvalue weighted by molar-refractivity contribution is 6.32. The van der Waals surface area contributed by atoms with E-state index in [2.05, 4.69) is 20.9 Å². The molecule has 7 nitrogen and oxygen atoms in total. The average molecular weight is 411 g/mol. The number of carbonyl (C=O) groups excluding carboxylic acids is 2. The van der Waals surface area contributed by atoms with Crippen molar-refractivity contribution in [3.63, 3.8) is 0 Å². The second kappa shape index (κ2) is 9.63. The van der Waals surface area contributed by atoms with E-state index in [1.54, 1.807) is 20.8 Å². The minimum absolute atomic E-state index is 0.0541. The number of alkyl carbamates (subject to hydrolysis) is 1. The summed E-state index contributed by atoms with van der Waals surface area (Å²) in [5.41, 5.74) is -1.56. The molecule has 27 heavy (non-hydrogen) atoms. The smallest absolute Gasteiger partial charge is 0.417 e. The number of nitrogens with one attached hydrogen (secondary N) is 3. The number of alkyl halides is 3. The summed E-state index contributed by atoms with van der Waals surface area (Å²) in [4.78, 5) is 26.7. The Kier molecular flexibility index (Phi) is 8.14. The first-order valence-electron chi connectivity index (χ1n) is 8.08. The van der Waals surface area contributed by atoms with Gasteiger partial charge in [0.2, 0.25) is 5.91 Å². The van der Waals surface area contributed by atoms with Crippen molar-refractivity contribution in [1.29, 1.82) is 0 Å². The van der Waals surface area contributed by atoms with Gasteiger partial charge in [0.15, 0.2) is 0 Å². The van der Waals surface area contributed by atoms with Crippen molar-refractivity contribution in [1.82, 2.24) is 15.6 Å². The molecule has 11 heteroatoms. The van der Waals surface area contributed by atoms with Crippen molar-refractivity contribution < 1.29 is 27.5 Å². The molecule has 0 aromatic carbocycles. The Morgan fingerprint density at radius 1 is 1.15 bits per heavy atom. The standard InChI is InChI=1S/C16H22ClF3N4O3/c1-15(2,3)27-14(26)23-5-4-12(25)21-6-7-22-13-11(17)8-10(9-24-13)16(18,19)20/h8-9H,4-7H2,1-3H3,(H,21,25)(H,22,24)(H,23,26). The van der Waals surface area contributed by atoms with Gasteiger partial charge in [0.25, 0.3) is 0 Å². The van der Waals surface area contributed by atoms with Crippen LogP contribution in [0.2, 0.25) is 5.02 Å². The van der Waals surface area contributed by atoms with Gasteiger partial charge in [-0.25, -0.2) is 9.78 Å². The number of ether oxygens (including phenoxy) is 1. The van der Waals surface area contributed by atoms with Gasteiger partial charge in [-0.2, -0.15) is 13.2 Å². The summed E-state index contributed by atoms with van der Waals surface area (Å²) in [7, 11) is 0. The number of aromatic nitrogens is 1. The third-order valence-corrected chi connectivity index (χ3v) is 3.22. The largest absolute Gasteiger partial charge is 0.444 e. The molecule has 0 aliphatic heterocycles. The monoisotopic (exact) mass is 410 g/mol. The third kappa shape index (κ3) is 9.32. The lowest BCUT2D eigenvalue weighted by atomic mass is 10.2. The molecule has 1 aromatic heterocycles. The first-order chi connectivity index (χ1) is 12.4. The van der Waals surface area contributed by atoms with E-state index in [1.807, 2.05) is 0 Å². The van der Waals surface area contributed by atoms with Crippen LogP contribution in [0.25, 0.3) is 0 Å². The molecule has 0 aliphatic rings. The van der Waals surface area contributed by atoms with Crippen LogP contribution in [0, 0.1) is 0 Å². The highest BCUT2D eigenvalue weighted by atomic mass is 35.5. The van der Waals surface area contributed by atoms with E-state index >= 15 is 0 Å².